The van der Waals surface area contributed by atoms with Gasteiger partial charge in [-0.1, -0.05) is 30.5 Å². The molecule has 0 amide bonds. The fourth-order valence-corrected chi connectivity index (χ4v) is 3.01. The number of rotatable bonds is 4. The molecule has 0 aliphatic carbocycles. The minimum absolute atomic E-state index is 0.355. The van der Waals surface area contributed by atoms with Crippen LogP contribution in [0, 0.1) is 13.8 Å². The molecular weight excluding hydrogens is 316 g/mol. The van der Waals surface area contributed by atoms with Crippen LogP contribution >= 0.6 is 0 Å². The van der Waals surface area contributed by atoms with Gasteiger partial charge in [0.05, 0.1) is 5.56 Å². The van der Waals surface area contributed by atoms with Crippen LogP contribution in [-0.2, 0) is 6.42 Å². The molecule has 0 unspecified atom stereocenters. The Morgan fingerprint density at radius 3 is 2.44 bits per heavy atom. The van der Waals surface area contributed by atoms with Crippen molar-refractivity contribution in [2.75, 3.05) is 0 Å². The van der Waals surface area contributed by atoms with Gasteiger partial charge in [0.1, 0.15) is 11.3 Å². The molecule has 3 aromatic rings. The lowest BCUT2D eigenvalue weighted by atomic mass is 10.1. The average Bonchev–Trinajstić information content (AvgIpc) is 2.53. The van der Waals surface area contributed by atoms with Crippen LogP contribution in [0.15, 0.2) is 51.7 Å². The molecule has 25 heavy (non-hydrogen) atoms. The largest absolute Gasteiger partial charge is 0.423 e. The molecule has 128 valence electrons. The monoisotopic (exact) mass is 336 g/mol. The summed E-state index contributed by atoms with van der Waals surface area (Å²) in [6.45, 7) is 5.92. The summed E-state index contributed by atoms with van der Waals surface area (Å²) in [5.41, 5.74) is 3.48. The number of hydrogen-bond acceptors (Lipinski definition) is 4. The third-order valence-electron chi connectivity index (χ3n) is 3.99. The molecule has 0 N–H and O–H groups in total. The molecule has 0 saturated heterocycles. The van der Waals surface area contributed by atoms with Gasteiger partial charge in [0, 0.05) is 17.5 Å². The summed E-state index contributed by atoms with van der Waals surface area (Å²) in [6.07, 6.45) is 1.73. The Bertz CT molecular complexity index is 978. The zero-order valence-electron chi connectivity index (χ0n) is 14.6. The van der Waals surface area contributed by atoms with Crippen LogP contribution in [-0.4, -0.2) is 5.97 Å². The predicted octanol–water partition coefficient (Wildman–Crippen LogP) is 4.58. The molecule has 1 aromatic heterocycles. The van der Waals surface area contributed by atoms with E-state index in [1.165, 1.54) is 6.07 Å². The van der Waals surface area contributed by atoms with Gasteiger partial charge < -0.3 is 9.15 Å². The quantitative estimate of drug-likeness (QED) is 0.397. The van der Waals surface area contributed by atoms with Crippen LogP contribution in [0.2, 0.25) is 0 Å². The van der Waals surface area contributed by atoms with Crippen molar-refractivity contribution in [2.45, 2.75) is 33.6 Å². The summed E-state index contributed by atoms with van der Waals surface area (Å²) in [5, 5.41) is 0.868. The van der Waals surface area contributed by atoms with E-state index in [0.717, 1.165) is 34.9 Å². The van der Waals surface area contributed by atoms with Gasteiger partial charge in [0.2, 0.25) is 0 Å². The van der Waals surface area contributed by atoms with E-state index < -0.39 is 11.6 Å². The van der Waals surface area contributed by atoms with Crippen molar-refractivity contribution in [2.24, 2.45) is 0 Å². The third-order valence-corrected chi connectivity index (χ3v) is 3.99. The Morgan fingerprint density at radius 1 is 1.04 bits per heavy atom. The maximum absolute atomic E-state index is 12.4. The zero-order chi connectivity index (χ0) is 18.0. The topological polar surface area (TPSA) is 56.5 Å². The lowest BCUT2D eigenvalue weighted by molar-refractivity contribution is 0.0734. The molecule has 4 heteroatoms. The highest BCUT2D eigenvalue weighted by atomic mass is 16.5. The van der Waals surface area contributed by atoms with Gasteiger partial charge in [-0.25, -0.2) is 9.59 Å². The SMILES string of the molecule is CCCc1cc(=O)oc2cc(OC(=O)c3cc(C)cc(C)c3)ccc12. The number of benzene rings is 2. The number of fused-ring (bicyclic) bond motifs is 1. The third kappa shape index (κ3) is 3.79. The molecule has 1 heterocycles. The smallest absolute Gasteiger partial charge is 0.343 e. The van der Waals surface area contributed by atoms with Crippen LogP contribution in [0.5, 0.6) is 5.75 Å². The van der Waals surface area contributed by atoms with Crippen LogP contribution < -0.4 is 10.4 Å². The molecule has 0 saturated carbocycles. The van der Waals surface area contributed by atoms with Gasteiger partial charge in [0.25, 0.3) is 0 Å². The normalized spacial score (nSPS) is 10.8. The van der Waals surface area contributed by atoms with Gasteiger partial charge >= 0.3 is 11.6 Å². The highest BCUT2D eigenvalue weighted by molar-refractivity contribution is 5.92. The van der Waals surface area contributed by atoms with Crippen LogP contribution in [0.25, 0.3) is 11.0 Å². The molecule has 0 aliphatic rings. The van der Waals surface area contributed by atoms with Gasteiger partial charge in [-0.3, -0.25) is 0 Å². The summed E-state index contributed by atoms with van der Waals surface area (Å²) in [4.78, 5) is 24.1. The fourth-order valence-electron chi connectivity index (χ4n) is 3.01. The van der Waals surface area contributed by atoms with Gasteiger partial charge in [-0.2, -0.15) is 0 Å². The van der Waals surface area contributed by atoms with Crippen molar-refractivity contribution in [1.29, 1.82) is 0 Å². The van der Waals surface area contributed by atoms with Crippen molar-refractivity contribution in [3.63, 3.8) is 0 Å². The van der Waals surface area contributed by atoms with E-state index in [0.29, 0.717) is 16.9 Å². The summed E-state index contributed by atoms with van der Waals surface area (Å²) >= 11 is 0. The first kappa shape index (κ1) is 17.0. The second kappa shape index (κ2) is 6.93. The first-order valence-corrected chi connectivity index (χ1v) is 8.33. The molecule has 4 nitrogen and oxygen atoms in total. The maximum atomic E-state index is 12.4. The van der Waals surface area contributed by atoms with E-state index in [1.807, 2.05) is 26.0 Å². The summed E-state index contributed by atoms with van der Waals surface area (Å²) in [7, 11) is 0. The summed E-state index contributed by atoms with van der Waals surface area (Å²) in [5.74, 6) is -0.0772. The lowest BCUT2D eigenvalue weighted by Crippen LogP contribution is -2.09. The second-order valence-corrected chi connectivity index (χ2v) is 6.26. The van der Waals surface area contributed by atoms with E-state index >= 15 is 0 Å². The highest BCUT2D eigenvalue weighted by Crippen LogP contribution is 2.24. The molecule has 0 atom stereocenters. The van der Waals surface area contributed by atoms with E-state index in [1.54, 1.807) is 24.3 Å². The fraction of sp³-hybridized carbons (Fsp3) is 0.238. The predicted molar refractivity (Wildman–Crippen MR) is 97.4 cm³/mol. The Labute approximate surface area is 146 Å². The second-order valence-electron chi connectivity index (χ2n) is 6.26. The zero-order valence-corrected chi connectivity index (χ0v) is 14.6. The Kier molecular flexibility index (Phi) is 4.70. The van der Waals surface area contributed by atoms with Crippen molar-refractivity contribution in [1.82, 2.24) is 0 Å². The van der Waals surface area contributed by atoms with Crippen LogP contribution in [0.3, 0.4) is 0 Å². The summed E-state index contributed by atoms with van der Waals surface area (Å²) in [6, 6.07) is 12.2. The maximum Gasteiger partial charge on any atom is 0.343 e. The number of carbonyl (C=O) groups excluding carboxylic acids is 1. The molecule has 2 aromatic carbocycles. The number of ether oxygens (including phenoxy) is 1. The van der Waals surface area contributed by atoms with Crippen molar-refractivity contribution >= 4 is 16.9 Å². The van der Waals surface area contributed by atoms with Crippen LogP contribution in [0.1, 0.15) is 40.4 Å². The van der Waals surface area contributed by atoms with Gasteiger partial charge in [-0.05, 0) is 50.1 Å². The Balaban J connectivity index is 1.94. The van der Waals surface area contributed by atoms with Crippen molar-refractivity contribution in [3.8, 4) is 5.75 Å². The standard InChI is InChI=1S/C21H20O4/c1-4-5-15-11-20(22)25-19-12-17(6-7-18(15)19)24-21(23)16-9-13(2)8-14(3)10-16/h6-12H,4-5H2,1-3H3. The molecule has 0 fully saturated rings. The number of carbonyl (C=O) groups is 1. The van der Waals surface area contributed by atoms with E-state index in [2.05, 4.69) is 6.92 Å². The van der Waals surface area contributed by atoms with Crippen molar-refractivity contribution in [3.05, 3.63) is 75.1 Å². The Morgan fingerprint density at radius 2 is 1.76 bits per heavy atom. The van der Waals surface area contributed by atoms with E-state index in [4.69, 9.17) is 9.15 Å². The number of esters is 1. The minimum atomic E-state index is -0.432. The minimum Gasteiger partial charge on any atom is -0.423 e. The molecule has 0 spiro atoms. The highest BCUT2D eigenvalue weighted by Gasteiger charge is 2.12. The van der Waals surface area contributed by atoms with E-state index in [9.17, 15) is 9.59 Å². The molecule has 0 radical (unpaired) electrons. The first-order chi connectivity index (χ1) is 12.0. The summed E-state index contributed by atoms with van der Waals surface area (Å²) < 4.78 is 10.7. The van der Waals surface area contributed by atoms with E-state index in [-0.39, 0.29) is 0 Å². The van der Waals surface area contributed by atoms with Crippen molar-refractivity contribution < 1.29 is 13.9 Å². The van der Waals surface area contributed by atoms with Crippen LogP contribution in [0.4, 0.5) is 0 Å². The number of aryl methyl sites for hydroxylation is 3. The Hall–Kier alpha value is -2.88. The molecular formula is C21H20O4. The van der Waals surface area contributed by atoms with Gasteiger partial charge in [-0.15, -0.1) is 0 Å². The lowest BCUT2D eigenvalue weighted by Gasteiger charge is -2.08. The average molecular weight is 336 g/mol. The first-order valence-electron chi connectivity index (χ1n) is 8.33. The van der Waals surface area contributed by atoms with Gasteiger partial charge in [0.15, 0.2) is 0 Å². The molecule has 3 rings (SSSR count). The molecule has 0 bridgehead atoms. The molecule has 0 aliphatic heterocycles. The number of hydrogen-bond donors (Lipinski definition) is 0.